The number of hydrogen-bond donors (Lipinski definition) is 3. The summed E-state index contributed by atoms with van der Waals surface area (Å²) in [5.41, 5.74) is 1.92. The van der Waals surface area contributed by atoms with Gasteiger partial charge in [-0.2, -0.15) is 5.10 Å². The Bertz CT molecular complexity index is 656. The quantitative estimate of drug-likeness (QED) is 0.742. The number of hydrogen-bond acceptors (Lipinski definition) is 3. The fourth-order valence-electron chi connectivity index (χ4n) is 1.83. The number of phenols is 1. The van der Waals surface area contributed by atoms with Crippen LogP contribution in [0.5, 0.6) is 5.75 Å². The molecular formula is C15H20N4O2. The molecule has 1 aromatic carbocycles. The number of carbonyl (C=O) groups excluding carboxylic acids is 1. The molecule has 0 saturated heterocycles. The average Bonchev–Trinajstić information content (AvgIpc) is 2.81. The Morgan fingerprint density at radius 1 is 1.29 bits per heavy atom. The first-order valence-corrected chi connectivity index (χ1v) is 6.68. The van der Waals surface area contributed by atoms with Crippen LogP contribution in [-0.4, -0.2) is 20.9 Å². The van der Waals surface area contributed by atoms with Gasteiger partial charge in [0.05, 0.1) is 17.4 Å². The van der Waals surface area contributed by atoms with Crippen LogP contribution >= 0.6 is 0 Å². The van der Waals surface area contributed by atoms with Gasteiger partial charge in [0, 0.05) is 11.9 Å². The monoisotopic (exact) mass is 288 g/mol. The molecule has 6 heteroatoms. The molecular weight excluding hydrogens is 268 g/mol. The van der Waals surface area contributed by atoms with Crippen LogP contribution in [0.3, 0.4) is 0 Å². The highest BCUT2D eigenvalue weighted by Gasteiger charge is 2.14. The summed E-state index contributed by atoms with van der Waals surface area (Å²) >= 11 is 0. The van der Waals surface area contributed by atoms with Crippen LogP contribution in [0.4, 0.5) is 16.2 Å². The highest BCUT2D eigenvalue weighted by molar-refractivity contribution is 6.00. The molecule has 0 unspecified atom stereocenters. The standard InChI is InChI=1S/C15H20N4O2/c1-10-7-12(20)5-6-13(10)18-14(21)17-11-8-16-19(9-11)15(2,3)4/h5-9,20H,1-4H3,(H2,17,18,21). The maximum Gasteiger partial charge on any atom is 0.323 e. The minimum atomic E-state index is -0.350. The number of anilines is 2. The van der Waals surface area contributed by atoms with Crippen LogP contribution in [-0.2, 0) is 5.54 Å². The molecule has 112 valence electrons. The molecule has 0 aliphatic rings. The van der Waals surface area contributed by atoms with Crippen molar-refractivity contribution in [2.75, 3.05) is 10.6 Å². The molecule has 1 heterocycles. The second kappa shape index (κ2) is 5.47. The maximum absolute atomic E-state index is 12.0. The van der Waals surface area contributed by atoms with Gasteiger partial charge in [0.25, 0.3) is 0 Å². The number of urea groups is 1. The normalized spacial score (nSPS) is 11.2. The molecule has 0 aliphatic heterocycles. The molecule has 21 heavy (non-hydrogen) atoms. The lowest BCUT2D eigenvalue weighted by Crippen LogP contribution is -2.22. The summed E-state index contributed by atoms with van der Waals surface area (Å²) < 4.78 is 1.79. The van der Waals surface area contributed by atoms with E-state index < -0.39 is 0 Å². The second-order valence-corrected chi connectivity index (χ2v) is 5.92. The first kappa shape index (κ1) is 14.9. The van der Waals surface area contributed by atoms with E-state index in [0.717, 1.165) is 5.56 Å². The van der Waals surface area contributed by atoms with Crippen molar-refractivity contribution < 1.29 is 9.90 Å². The molecule has 3 N–H and O–H groups in total. The lowest BCUT2D eigenvalue weighted by molar-refractivity contribution is 0.262. The molecule has 0 fully saturated rings. The number of nitrogens with one attached hydrogen (secondary N) is 2. The third-order valence-corrected chi connectivity index (χ3v) is 2.99. The molecule has 0 spiro atoms. The Kier molecular flexibility index (Phi) is 3.88. The van der Waals surface area contributed by atoms with Gasteiger partial charge in [0.2, 0.25) is 0 Å². The number of carbonyl (C=O) groups is 1. The highest BCUT2D eigenvalue weighted by atomic mass is 16.3. The SMILES string of the molecule is Cc1cc(O)ccc1NC(=O)Nc1cnn(C(C)(C)C)c1. The summed E-state index contributed by atoms with van der Waals surface area (Å²) in [4.78, 5) is 12.0. The number of aromatic nitrogens is 2. The first-order valence-electron chi connectivity index (χ1n) is 6.68. The van der Waals surface area contributed by atoms with Crippen molar-refractivity contribution in [1.82, 2.24) is 9.78 Å². The molecule has 2 rings (SSSR count). The molecule has 0 saturated carbocycles. The van der Waals surface area contributed by atoms with E-state index in [1.54, 1.807) is 29.2 Å². The zero-order valence-corrected chi connectivity index (χ0v) is 12.6. The first-order chi connectivity index (χ1) is 9.75. The van der Waals surface area contributed by atoms with Crippen LogP contribution in [0.25, 0.3) is 0 Å². The minimum Gasteiger partial charge on any atom is -0.508 e. The van der Waals surface area contributed by atoms with Crippen LogP contribution in [0.1, 0.15) is 26.3 Å². The fraction of sp³-hybridized carbons (Fsp3) is 0.333. The van der Waals surface area contributed by atoms with Gasteiger partial charge in [0.1, 0.15) is 5.75 Å². The van der Waals surface area contributed by atoms with Crippen molar-refractivity contribution in [3.8, 4) is 5.75 Å². The summed E-state index contributed by atoms with van der Waals surface area (Å²) in [7, 11) is 0. The van der Waals surface area contributed by atoms with Gasteiger partial charge in [0.15, 0.2) is 0 Å². The van der Waals surface area contributed by atoms with Gasteiger partial charge in [-0.1, -0.05) is 0 Å². The van der Waals surface area contributed by atoms with E-state index in [4.69, 9.17) is 0 Å². The minimum absolute atomic E-state index is 0.135. The summed E-state index contributed by atoms with van der Waals surface area (Å²) in [6.45, 7) is 7.91. The summed E-state index contributed by atoms with van der Waals surface area (Å²) in [5, 5.41) is 19.0. The Labute approximate surface area is 123 Å². The van der Waals surface area contributed by atoms with E-state index in [1.165, 1.54) is 6.07 Å². The number of benzene rings is 1. The number of amides is 2. The number of nitrogens with zero attached hydrogens (tertiary/aromatic N) is 2. The Morgan fingerprint density at radius 3 is 2.57 bits per heavy atom. The molecule has 0 bridgehead atoms. The highest BCUT2D eigenvalue weighted by Crippen LogP contribution is 2.20. The van der Waals surface area contributed by atoms with Gasteiger partial charge in [-0.15, -0.1) is 0 Å². The van der Waals surface area contributed by atoms with Crippen LogP contribution in [0, 0.1) is 6.92 Å². The van der Waals surface area contributed by atoms with Crippen molar-refractivity contribution in [2.45, 2.75) is 33.2 Å². The van der Waals surface area contributed by atoms with Crippen molar-refractivity contribution >= 4 is 17.4 Å². The van der Waals surface area contributed by atoms with Crippen molar-refractivity contribution in [1.29, 1.82) is 0 Å². The fourth-order valence-corrected chi connectivity index (χ4v) is 1.83. The zero-order chi connectivity index (χ0) is 15.6. The third-order valence-electron chi connectivity index (χ3n) is 2.99. The van der Waals surface area contributed by atoms with Crippen molar-refractivity contribution in [2.24, 2.45) is 0 Å². The predicted molar refractivity (Wildman–Crippen MR) is 82.7 cm³/mol. The zero-order valence-electron chi connectivity index (χ0n) is 12.6. The van der Waals surface area contributed by atoms with E-state index >= 15 is 0 Å². The molecule has 0 atom stereocenters. The largest absolute Gasteiger partial charge is 0.508 e. The molecule has 2 aromatic rings. The Morgan fingerprint density at radius 2 is 2.00 bits per heavy atom. The Balaban J connectivity index is 2.03. The average molecular weight is 288 g/mol. The van der Waals surface area contributed by atoms with Gasteiger partial charge < -0.3 is 15.7 Å². The smallest absolute Gasteiger partial charge is 0.323 e. The van der Waals surface area contributed by atoms with Gasteiger partial charge >= 0.3 is 6.03 Å². The summed E-state index contributed by atoms with van der Waals surface area (Å²) in [6, 6.07) is 4.42. The molecule has 0 aliphatic carbocycles. The van der Waals surface area contributed by atoms with Crippen molar-refractivity contribution in [3.05, 3.63) is 36.2 Å². The van der Waals surface area contributed by atoms with E-state index in [2.05, 4.69) is 15.7 Å². The van der Waals surface area contributed by atoms with E-state index in [9.17, 15) is 9.90 Å². The van der Waals surface area contributed by atoms with Gasteiger partial charge in [-0.25, -0.2) is 4.79 Å². The van der Waals surface area contributed by atoms with Gasteiger partial charge in [-0.05, 0) is 51.5 Å². The number of phenolic OH excluding ortho intramolecular Hbond substituents is 1. The van der Waals surface area contributed by atoms with Crippen LogP contribution in [0.15, 0.2) is 30.6 Å². The number of rotatable bonds is 2. The van der Waals surface area contributed by atoms with E-state index in [1.807, 2.05) is 27.7 Å². The summed E-state index contributed by atoms with van der Waals surface area (Å²) in [5.74, 6) is 0.171. The maximum atomic E-state index is 12.0. The van der Waals surface area contributed by atoms with Gasteiger partial charge in [-0.3, -0.25) is 4.68 Å². The van der Waals surface area contributed by atoms with Crippen molar-refractivity contribution in [3.63, 3.8) is 0 Å². The van der Waals surface area contributed by atoms with Crippen LogP contribution in [0.2, 0.25) is 0 Å². The van der Waals surface area contributed by atoms with E-state index in [0.29, 0.717) is 11.4 Å². The lowest BCUT2D eigenvalue weighted by atomic mass is 10.1. The second-order valence-electron chi connectivity index (χ2n) is 5.92. The molecule has 1 aromatic heterocycles. The number of aromatic hydroxyl groups is 1. The summed E-state index contributed by atoms with van der Waals surface area (Å²) in [6.07, 6.45) is 3.39. The lowest BCUT2D eigenvalue weighted by Gasteiger charge is -2.18. The topological polar surface area (TPSA) is 79.2 Å². The predicted octanol–water partition coefficient (Wildman–Crippen LogP) is 3.30. The molecule has 0 radical (unpaired) electrons. The Hall–Kier alpha value is -2.50. The molecule has 6 nitrogen and oxygen atoms in total. The number of aryl methyl sites for hydroxylation is 1. The van der Waals surface area contributed by atoms with Crippen LogP contribution < -0.4 is 10.6 Å². The third kappa shape index (κ3) is 3.75. The van der Waals surface area contributed by atoms with E-state index in [-0.39, 0.29) is 17.3 Å². The molecule has 2 amide bonds.